The maximum absolute atomic E-state index is 12.0. The van der Waals surface area contributed by atoms with Crippen molar-refractivity contribution in [3.05, 3.63) is 29.0 Å². The van der Waals surface area contributed by atoms with Gasteiger partial charge in [0.1, 0.15) is 5.69 Å². The van der Waals surface area contributed by atoms with Gasteiger partial charge in [-0.3, -0.25) is 14.5 Å². The highest BCUT2D eigenvalue weighted by atomic mass is 35.5. The Morgan fingerprint density at radius 1 is 1.48 bits per heavy atom. The Kier molecular flexibility index (Phi) is 5.14. The first-order chi connectivity index (χ1) is 9.99. The summed E-state index contributed by atoms with van der Waals surface area (Å²) in [5, 5.41) is 12.2. The first-order valence-corrected chi connectivity index (χ1v) is 7.25. The van der Waals surface area contributed by atoms with Crippen LogP contribution in [0.3, 0.4) is 0 Å². The molecule has 0 atom stereocenters. The average molecular weight is 312 g/mol. The molecule has 0 bridgehead atoms. The maximum Gasteiger partial charge on any atom is 0.317 e. The second kappa shape index (κ2) is 6.87. The van der Waals surface area contributed by atoms with E-state index in [1.807, 2.05) is 11.8 Å². The topological polar surface area (TPSA) is 82.5 Å². The van der Waals surface area contributed by atoms with Crippen LogP contribution in [0.5, 0.6) is 0 Å². The summed E-state index contributed by atoms with van der Waals surface area (Å²) in [6, 6.07) is 3.49. The normalized spacial score (nSPS) is 20.9. The van der Waals surface area contributed by atoms with Crippen molar-refractivity contribution in [1.29, 1.82) is 0 Å². The van der Waals surface area contributed by atoms with E-state index >= 15 is 0 Å². The van der Waals surface area contributed by atoms with E-state index in [0.29, 0.717) is 17.3 Å². The van der Waals surface area contributed by atoms with Crippen molar-refractivity contribution in [3.8, 4) is 0 Å². The highest BCUT2D eigenvalue weighted by Gasteiger charge is 2.34. The monoisotopic (exact) mass is 311 g/mol. The molecule has 0 spiro atoms. The van der Waals surface area contributed by atoms with Crippen LogP contribution in [0.1, 0.15) is 30.3 Å². The van der Waals surface area contributed by atoms with E-state index in [4.69, 9.17) is 16.7 Å². The van der Waals surface area contributed by atoms with Crippen LogP contribution in [-0.4, -0.2) is 52.0 Å². The fourth-order valence-electron chi connectivity index (χ4n) is 2.45. The van der Waals surface area contributed by atoms with Gasteiger partial charge in [0.05, 0.1) is 11.6 Å². The number of nitrogens with one attached hydrogen (secondary N) is 1. The third-order valence-corrected chi connectivity index (χ3v) is 3.89. The molecule has 1 aliphatic carbocycles. The Labute approximate surface area is 128 Å². The minimum Gasteiger partial charge on any atom is -0.480 e. The van der Waals surface area contributed by atoms with E-state index in [1.54, 1.807) is 12.1 Å². The molecule has 1 heterocycles. The summed E-state index contributed by atoms with van der Waals surface area (Å²) in [5.41, 5.74) is 0.334. The molecule has 1 fully saturated rings. The largest absolute Gasteiger partial charge is 0.480 e. The Bertz CT molecular complexity index is 515. The molecule has 1 aromatic heterocycles. The fraction of sp³-hybridized carbons (Fsp3) is 0.500. The quantitative estimate of drug-likeness (QED) is 0.830. The summed E-state index contributed by atoms with van der Waals surface area (Å²) in [4.78, 5) is 28.6. The van der Waals surface area contributed by atoms with Gasteiger partial charge in [-0.1, -0.05) is 18.5 Å². The predicted molar refractivity (Wildman–Crippen MR) is 78.4 cm³/mol. The summed E-state index contributed by atoms with van der Waals surface area (Å²) in [7, 11) is 0. The van der Waals surface area contributed by atoms with Gasteiger partial charge in [-0.2, -0.15) is 0 Å². The number of aromatic nitrogens is 1. The van der Waals surface area contributed by atoms with Gasteiger partial charge < -0.3 is 10.4 Å². The van der Waals surface area contributed by atoms with Crippen LogP contribution in [0, 0.1) is 0 Å². The summed E-state index contributed by atoms with van der Waals surface area (Å²) < 4.78 is 0. The van der Waals surface area contributed by atoms with Crippen LogP contribution in [0.25, 0.3) is 0 Å². The summed E-state index contributed by atoms with van der Waals surface area (Å²) >= 11 is 5.72. The van der Waals surface area contributed by atoms with Crippen molar-refractivity contribution in [2.24, 2.45) is 0 Å². The SMILES string of the molecule is CCN(CC(=O)O)C1CC(NC(=O)c2ccc(Cl)cn2)C1. The predicted octanol–water partition coefficient (Wildman–Crippen LogP) is 1.40. The van der Waals surface area contributed by atoms with Gasteiger partial charge in [0.25, 0.3) is 5.91 Å². The van der Waals surface area contributed by atoms with E-state index in [1.165, 1.54) is 6.20 Å². The third kappa shape index (κ3) is 4.15. The second-order valence-electron chi connectivity index (χ2n) is 5.11. The van der Waals surface area contributed by atoms with Crippen molar-refractivity contribution in [1.82, 2.24) is 15.2 Å². The van der Waals surface area contributed by atoms with E-state index in [2.05, 4.69) is 10.3 Å². The molecule has 21 heavy (non-hydrogen) atoms. The number of rotatable bonds is 6. The Morgan fingerprint density at radius 3 is 2.71 bits per heavy atom. The zero-order chi connectivity index (χ0) is 15.4. The molecule has 6 nitrogen and oxygen atoms in total. The minimum absolute atomic E-state index is 0.0422. The zero-order valence-electron chi connectivity index (χ0n) is 11.8. The number of carboxylic acid groups (broad SMARTS) is 1. The number of aliphatic carboxylic acids is 1. The highest BCUT2D eigenvalue weighted by Crippen LogP contribution is 2.25. The average Bonchev–Trinajstić information content (AvgIpc) is 2.40. The molecule has 0 radical (unpaired) electrons. The molecule has 1 aromatic rings. The van der Waals surface area contributed by atoms with Gasteiger partial charge in [0, 0.05) is 18.3 Å². The maximum atomic E-state index is 12.0. The summed E-state index contributed by atoms with van der Waals surface area (Å²) in [6.45, 7) is 2.67. The number of carbonyl (C=O) groups is 2. The first kappa shape index (κ1) is 15.7. The third-order valence-electron chi connectivity index (χ3n) is 3.67. The van der Waals surface area contributed by atoms with Gasteiger partial charge in [0.2, 0.25) is 0 Å². The van der Waals surface area contributed by atoms with Crippen LogP contribution < -0.4 is 5.32 Å². The lowest BCUT2D eigenvalue weighted by molar-refractivity contribution is -0.139. The molecular formula is C14H18ClN3O3. The molecule has 0 unspecified atom stereocenters. The standard InChI is InChI=1S/C14H18ClN3O3/c1-2-18(8-13(19)20)11-5-10(6-11)17-14(21)12-4-3-9(15)7-16-12/h3-4,7,10-11H,2,5-6,8H2,1H3,(H,17,21)(H,19,20). The number of hydrogen-bond donors (Lipinski definition) is 2. The van der Waals surface area contributed by atoms with Crippen molar-refractivity contribution < 1.29 is 14.7 Å². The molecule has 2 N–H and O–H groups in total. The molecule has 1 aliphatic rings. The Balaban J connectivity index is 1.80. The molecule has 0 aromatic carbocycles. The number of carbonyl (C=O) groups excluding carboxylic acids is 1. The minimum atomic E-state index is -0.824. The Morgan fingerprint density at radius 2 is 2.19 bits per heavy atom. The number of pyridine rings is 1. The zero-order valence-corrected chi connectivity index (χ0v) is 12.5. The lowest BCUT2D eigenvalue weighted by Gasteiger charge is -2.42. The van der Waals surface area contributed by atoms with Crippen molar-refractivity contribution >= 4 is 23.5 Å². The number of halogens is 1. The molecule has 7 heteroatoms. The second-order valence-corrected chi connectivity index (χ2v) is 5.55. The van der Waals surface area contributed by atoms with Crippen LogP contribution in [-0.2, 0) is 4.79 Å². The van der Waals surface area contributed by atoms with Gasteiger partial charge in [0.15, 0.2) is 0 Å². The van der Waals surface area contributed by atoms with Crippen LogP contribution in [0.4, 0.5) is 0 Å². The molecule has 0 aliphatic heterocycles. The number of likely N-dealkylation sites (N-methyl/N-ethyl adjacent to an activating group) is 1. The molecule has 1 amide bonds. The van der Waals surface area contributed by atoms with Crippen LogP contribution in [0.15, 0.2) is 18.3 Å². The summed E-state index contributed by atoms with van der Waals surface area (Å²) in [6.07, 6.45) is 2.96. The first-order valence-electron chi connectivity index (χ1n) is 6.87. The van der Waals surface area contributed by atoms with Crippen molar-refractivity contribution in [2.45, 2.75) is 31.8 Å². The summed E-state index contributed by atoms with van der Waals surface area (Å²) in [5.74, 6) is -1.05. The highest BCUT2D eigenvalue weighted by molar-refractivity contribution is 6.30. The fourth-order valence-corrected chi connectivity index (χ4v) is 2.56. The number of carboxylic acids is 1. The molecule has 114 valence electrons. The van der Waals surface area contributed by atoms with E-state index in [0.717, 1.165) is 12.8 Å². The number of hydrogen-bond acceptors (Lipinski definition) is 4. The molecular weight excluding hydrogens is 294 g/mol. The van der Waals surface area contributed by atoms with E-state index in [-0.39, 0.29) is 24.5 Å². The lowest BCUT2D eigenvalue weighted by atomic mass is 9.85. The van der Waals surface area contributed by atoms with E-state index in [9.17, 15) is 9.59 Å². The van der Waals surface area contributed by atoms with Crippen molar-refractivity contribution in [3.63, 3.8) is 0 Å². The van der Waals surface area contributed by atoms with Gasteiger partial charge in [-0.05, 0) is 31.5 Å². The van der Waals surface area contributed by atoms with Gasteiger partial charge in [-0.15, -0.1) is 0 Å². The molecule has 1 saturated carbocycles. The smallest absolute Gasteiger partial charge is 0.317 e. The molecule has 0 saturated heterocycles. The van der Waals surface area contributed by atoms with Crippen LogP contribution >= 0.6 is 11.6 Å². The van der Waals surface area contributed by atoms with Gasteiger partial charge in [-0.25, -0.2) is 4.98 Å². The van der Waals surface area contributed by atoms with Crippen LogP contribution in [0.2, 0.25) is 5.02 Å². The van der Waals surface area contributed by atoms with Crippen molar-refractivity contribution in [2.75, 3.05) is 13.1 Å². The number of nitrogens with zero attached hydrogens (tertiary/aromatic N) is 2. The Hall–Kier alpha value is -1.66. The molecule has 2 rings (SSSR count). The van der Waals surface area contributed by atoms with Gasteiger partial charge >= 0.3 is 5.97 Å². The lowest BCUT2D eigenvalue weighted by Crippen LogP contribution is -2.54. The van der Waals surface area contributed by atoms with E-state index < -0.39 is 5.97 Å². The number of amides is 1.